The van der Waals surface area contributed by atoms with Crippen LogP contribution in [-0.4, -0.2) is 47.8 Å². The Morgan fingerprint density at radius 3 is 2.66 bits per heavy atom. The summed E-state index contributed by atoms with van der Waals surface area (Å²) in [7, 11) is 1.56. The van der Waals surface area contributed by atoms with Crippen molar-refractivity contribution in [3.8, 4) is 11.4 Å². The number of carbonyl (C=O) groups is 2. The predicted octanol–water partition coefficient (Wildman–Crippen LogP) is 5.22. The van der Waals surface area contributed by atoms with Crippen molar-refractivity contribution in [1.29, 1.82) is 0 Å². The topological polar surface area (TPSA) is 101 Å². The quantitative estimate of drug-likeness (QED) is 0.334. The van der Waals surface area contributed by atoms with Crippen LogP contribution in [-0.2, 0) is 11.2 Å². The normalized spacial score (nSPS) is 20.8. The summed E-state index contributed by atoms with van der Waals surface area (Å²) < 4.78 is 7.83. The number of rotatable bonds is 10. The third-order valence-corrected chi connectivity index (χ3v) is 9.42. The number of nitrogens with one attached hydrogen (secondary N) is 1. The number of aryl methyl sites for hydroxylation is 1. The van der Waals surface area contributed by atoms with Crippen LogP contribution in [0, 0.1) is 11.8 Å². The minimum Gasteiger partial charge on any atom is -0.494 e. The highest BCUT2D eigenvalue weighted by molar-refractivity contribution is 7.18. The molecule has 1 saturated heterocycles. The van der Waals surface area contributed by atoms with E-state index in [1.165, 1.54) is 11.3 Å². The molecule has 2 aliphatic rings. The number of pyridine rings is 1. The number of ether oxygens (including phenoxy) is 1. The Labute approximate surface area is 248 Å². The van der Waals surface area contributed by atoms with Crippen molar-refractivity contribution in [3.63, 3.8) is 0 Å². The molecule has 41 heavy (non-hydrogen) atoms. The molecule has 1 saturated carbocycles. The molecule has 3 aromatic rings. The Bertz CT molecular complexity index is 1450. The molecule has 2 fully saturated rings. The van der Waals surface area contributed by atoms with Gasteiger partial charge in [-0.05, 0) is 74.8 Å². The van der Waals surface area contributed by atoms with Gasteiger partial charge in [0.15, 0.2) is 0 Å². The Morgan fingerprint density at radius 1 is 1.12 bits per heavy atom. The summed E-state index contributed by atoms with van der Waals surface area (Å²) in [6.07, 6.45) is 8.51. The lowest BCUT2D eigenvalue weighted by Crippen LogP contribution is -2.30. The number of amides is 2. The van der Waals surface area contributed by atoms with Gasteiger partial charge in [-0.25, -0.2) is 0 Å². The Morgan fingerprint density at radius 2 is 1.93 bits per heavy atom. The van der Waals surface area contributed by atoms with Gasteiger partial charge in [-0.3, -0.25) is 19.0 Å². The molecule has 3 heterocycles. The fourth-order valence-electron chi connectivity index (χ4n) is 5.90. The average molecular weight is 598 g/mol. The highest BCUT2D eigenvalue weighted by atomic mass is 35.5. The molecule has 0 spiro atoms. The van der Waals surface area contributed by atoms with Crippen molar-refractivity contribution >= 4 is 40.4 Å². The lowest BCUT2D eigenvalue weighted by atomic mass is 9.84. The van der Waals surface area contributed by atoms with Gasteiger partial charge in [0.2, 0.25) is 5.91 Å². The molecular formula is C31H36ClN3O5S. The van der Waals surface area contributed by atoms with Crippen LogP contribution >= 0.6 is 22.9 Å². The van der Waals surface area contributed by atoms with Crippen molar-refractivity contribution in [1.82, 2.24) is 9.88 Å². The van der Waals surface area contributed by atoms with Crippen LogP contribution in [0.4, 0.5) is 5.69 Å². The second-order valence-electron chi connectivity index (χ2n) is 11.0. The van der Waals surface area contributed by atoms with E-state index in [0.717, 1.165) is 44.1 Å². The molecule has 0 radical (unpaired) electrons. The van der Waals surface area contributed by atoms with Gasteiger partial charge in [0.05, 0.1) is 28.1 Å². The number of anilines is 1. The summed E-state index contributed by atoms with van der Waals surface area (Å²) >= 11 is 7.15. The van der Waals surface area contributed by atoms with Crippen LogP contribution in [0.2, 0.25) is 4.34 Å². The molecule has 2 amide bonds. The monoisotopic (exact) mass is 597 g/mol. The van der Waals surface area contributed by atoms with E-state index in [0.29, 0.717) is 58.2 Å². The van der Waals surface area contributed by atoms with E-state index in [9.17, 15) is 19.5 Å². The molecule has 1 aromatic carbocycles. The average Bonchev–Trinajstić information content (AvgIpc) is 3.58. The van der Waals surface area contributed by atoms with E-state index in [1.807, 2.05) is 24.3 Å². The third kappa shape index (κ3) is 7.02. The standard InChI is InChI=1S/C31H36ClN3O5S/c1-40-26-17-23(35-19-21(16-29(35)37)18-33-30(38)27-13-14-28(32)41-27)9-12-25(26)34-15-3-6-22(31(34)39)5-2-4-20-7-10-24(36)11-8-20/h3,6,9,12-15,17,20-21,24,36H,2,4-5,7-8,10-11,16,18-19H2,1H3,(H,33,38)/t20?,21-,24?/m0/s1. The van der Waals surface area contributed by atoms with Crippen molar-refractivity contribution in [3.05, 3.63) is 73.8 Å². The fourth-order valence-corrected chi connectivity index (χ4v) is 6.85. The first-order valence-corrected chi connectivity index (χ1v) is 15.4. The summed E-state index contributed by atoms with van der Waals surface area (Å²) in [5.74, 6) is 0.888. The summed E-state index contributed by atoms with van der Waals surface area (Å²) in [5.41, 5.74) is 2.00. The van der Waals surface area contributed by atoms with Crippen LogP contribution < -0.4 is 20.5 Å². The minimum absolute atomic E-state index is 0.0227. The number of halogens is 1. The van der Waals surface area contributed by atoms with E-state index < -0.39 is 0 Å². The summed E-state index contributed by atoms with van der Waals surface area (Å²) in [6, 6.07) is 12.6. The molecule has 0 unspecified atom stereocenters. The Kier molecular flexibility index (Phi) is 9.47. The van der Waals surface area contributed by atoms with Crippen LogP contribution in [0.1, 0.15) is 60.2 Å². The van der Waals surface area contributed by atoms with E-state index in [1.54, 1.807) is 41.0 Å². The van der Waals surface area contributed by atoms with Crippen molar-refractivity contribution < 1.29 is 19.4 Å². The number of aliphatic hydroxyl groups is 1. The molecule has 8 nitrogen and oxygen atoms in total. The van der Waals surface area contributed by atoms with E-state index in [2.05, 4.69) is 5.32 Å². The number of carbonyl (C=O) groups excluding carboxylic acids is 2. The molecular weight excluding hydrogens is 562 g/mol. The zero-order chi connectivity index (χ0) is 28.9. The number of aromatic nitrogens is 1. The van der Waals surface area contributed by atoms with Gasteiger partial charge in [0.1, 0.15) is 5.75 Å². The van der Waals surface area contributed by atoms with E-state index in [4.69, 9.17) is 16.3 Å². The molecule has 2 aromatic heterocycles. The van der Waals surface area contributed by atoms with Gasteiger partial charge in [-0.15, -0.1) is 11.3 Å². The molecule has 1 aliphatic carbocycles. The first kappa shape index (κ1) is 29.4. The van der Waals surface area contributed by atoms with Gasteiger partial charge in [-0.1, -0.05) is 24.1 Å². The highest BCUT2D eigenvalue weighted by Crippen LogP contribution is 2.32. The van der Waals surface area contributed by atoms with Crippen molar-refractivity contribution in [2.24, 2.45) is 11.8 Å². The lowest BCUT2D eigenvalue weighted by molar-refractivity contribution is -0.117. The molecule has 10 heteroatoms. The molecule has 5 rings (SSSR count). The Hall–Kier alpha value is -3.14. The zero-order valence-electron chi connectivity index (χ0n) is 23.2. The first-order valence-electron chi connectivity index (χ1n) is 14.2. The fraction of sp³-hybridized carbons (Fsp3) is 0.452. The molecule has 218 valence electrons. The maximum absolute atomic E-state index is 13.4. The van der Waals surface area contributed by atoms with Gasteiger partial charge in [-0.2, -0.15) is 0 Å². The van der Waals surface area contributed by atoms with Crippen LogP contribution in [0.3, 0.4) is 0 Å². The summed E-state index contributed by atoms with van der Waals surface area (Å²) in [6.45, 7) is 0.860. The molecule has 0 bridgehead atoms. The summed E-state index contributed by atoms with van der Waals surface area (Å²) in [4.78, 5) is 40.9. The first-order chi connectivity index (χ1) is 19.8. The van der Waals surface area contributed by atoms with Gasteiger partial charge >= 0.3 is 0 Å². The smallest absolute Gasteiger partial charge is 0.261 e. The molecule has 1 atom stereocenters. The predicted molar refractivity (Wildman–Crippen MR) is 162 cm³/mol. The van der Waals surface area contributed by atoms with Gasteiger partial charge in [0, 0.05) is 48.9 Å². The number of benzene rings is 1. The van der Waals surface area contributed by atoms with E-state index >= 15 is 0 Å². The summed E-state index contributed by atoms with van der Waals surface area (Å²) in [5, 5.41) is 12.6. The number of hydrogen-bond donors (Lipinski definition) is 2. The number of methoxy groups -OCH3 is 1. The van der Waals surface area contributed by atoms with Crippen LogP contribution in [0.5, 0.6) is 5.75 Å². The van der Waals surface area contributed by atoms with Gasteiger partial charge in [0.25, 0.3) is 11.5 Å². The second kappa shape index (κ2) is 13.2. The SMILES string of the molecule is COc1cc(N2C[C@H](CNC(=O)c3ccc(Cl)s3)CC2=O)ccc1-n1cccc(CCCC2CCC(O)CC2)c1=O. The number of thiophene rings is 1. The van der Waals surface area contributed by atoms with Crippen molar-refractivity contribution in [2.75, 3.05) is 25.1 Å². The maximum atomic E-state index is 13.4. The lowest BCUT2D eigenvalue weighted by Gasteiger charge is -2.25. The molecule has 1 aliphatic heterocycles. The van der Waals surface area contributed by atoms with Crippen LogP contribution in [0.25, 0.3) is 5.69 Å². The van der Waals surface area contributed by atoms with Crippen molar-refractivity contribution in [2.45, 2.75) is 57.5 Å². The number of aliphatic hydroxyl groups excluding tert-OH is 1. The number of hydrogen-bond acceptors (Lipinski definition) is 6. The van der Waals surface area contributed by atoms with E-state index in [-0.39, 0.29) is 29.4 Å². The highest BCUT2D eigenvalue weighted by Gasteiger charge is 2.31. The number of nitrogens with zero attached hydrogens (tertiary/aromatic N) is 2. The second-order valence-corrected chi connectivity index (χ2v) is 12.7. The minimum atomic E-state index is -0.194. The maximum Gasteiger partial charge on any atom is 0.261 e. The van der Waals surface area contributed by atoms with Crippen LogP contribution in [0.15, 0.2) is 53.5 Å². The largest absolute Gasteiger partial charge is 0.494 e. The molecule has 2 N–H and O–H groups in total. The third-order valence-electron chi connectivity index (χ3n) is 8.19. The van der Waals surface area contributed by atoms with Gasteiger partial charge < -0.3 is 20.1 Å². The Balaban J connectivity index is 1.23. The zero-order valence-corrected chi connectivity index (χ0v) is 24.8.